The van der Waals surface area contributed by atoms with E-state index in [9.17, 15) is 52.4 Å². The average Bonchev–Trinajstić information content (AvgIpc) is 4.10. The van der Waals surface area contributed by atoms with E-state index in [4.69, 9.17) is 11.6 Å². The topological polar surface area (TPSA) is 134 Å². The van der Waals surface area contributed by atoms with Crippen LogP contribution in [0.15, 0.2) is 42.5 Å². The number of fused-ring (bicyclic) bond motifs is 4. The van der Waals surface area contributed by atoms with Gasteiger partial charge in [-0.3, -0.25) is 14.2 Å². The van der Waals surface area contributed by atoms with Gasteiger partial charge in [-0.15, -0.1) is 0 Å². The van der Waals surface area contributed by atoms with E-state index in [1.54, 1.807) is 0 Å². The van der Waals surface area contributed by atoms with E-state index in [0.29, 0.717) is 28.3 Å². The Hall–Kier alpha value is -4.94. The lowest BCUT2D eigenvalue weighted by Gasteiger charge is -2.22. The number of benzene rings is 2. The molecule has 2 aromatic carbocycles. The number of aromatic nitrogens is 5. The first-order valence-corrected chi connectivity index (χ1v) is 24.1. The van der Waals surface area contributed by atoms with E-state index < -0.39 is 126 Å². The summed E-state index contributed by atoms with van der Waals surface area (Å²) < 4.78 is 182. The van der Waals surface area contributed by atoms with E-state index in [1.165, 1.54) is 38.1 Å². The Morgan fingerprint density at radius 2 is 1.62 bits per heavy atom. The summed E-state index contributed by atoms with van der Waals surface area (Å²) in [5.41, 5.74) is -3.17. The van der Waals surface area contributed by atoms with Crippen molar-refractivity contribution in [2.75, 3.05) is 6.26 Å². The highest BCUT2D eigenvalue weighted by molar-refractivity contribution is 7.93. The third kappa shape index (κ3) is 9.14. The fourth-order valence-corrected chi connectivity index (χ4v) is 11.5. The standard InChI is InChI=1S/C43H37ClF9N5O5S2/c1-41(2,65(62,63)27-5-6-27)11-10-25-4-7-28(29-8-9-32(44)35-33(19-64(3,60)61)55-58(38(29)35)20-42(49,50)51)36(54-25)22(12-21-13-23(45)16-24(46)14-21)15-26(59)18-57-39-34(37(56-57)40(47)48)30-17-31(30)43(39,52)53/h4,7-9,13-14,16,22,27,30-31,40H,5-6,12,15,17-20H2,1-3H3/t22-,30+,31-/m1/s1. The molecule has 3 aromatic heterocycles. The molecule has 0 radical (unpaired) electrons. The number of carbonyl (C=O) groups is 1. The normalized spacial score (nSPS) is 18.7. The molecule has 8 rings (SSSR count). The van der Waals surface area contributed by atoms with Crippen molar-refractivity contribution in [1.82, 2.24) is 24.5 Å². The zero-order chi connectivity index (χ0) is 47.3. The van der Waals surface area contributed by atoms with E-state index in [1.807, 2.05) is 0 Å². The Kier molecular flexibility index (Phi) is 11.6. The van der Waals surface area contributed by atoms with Crippen LogP contribution in [-0.2, 0) is 55.7 Å². The van der Waals surface area contributed by atoms with Crippen molar-refractivity contribution in [2.24, 2.45) is 5.92 Å². The Balaban J connectivity index is 1.32. The van der Waals surface area contributed by atoms with Gasteiger partial charge >= 0.3 is 6.18 Å². The van der Waals surface area contributed by atoms with Crippen molar-refractivity contribution in [3.8, 4) is 23.0 Å². The predicted molar refractivity (Wildman–Crippen MR) is 220 cm³/mol. The van der Waals surface area contributed by atoms with Gasteiger partial charge in [-0.05, 0) is 87.3 Å². The van der Waals surface area contributed by atoms with Gasteiger partial charge in [-0.2, -0.15) is 32.1 Å². The quantitative estimate of drug-likeness (QED) is 0.0795. The molecule has 0 saturated heterocycles. The number of Topliss-reactive ketones (excluding diaryl/α,β-unsaturated/α-hetero) is 1. The highest BCUT2D eigenvalue weighted by Crippen LogP contribution is 2.68. The minimum absolute atomic E-state index is 0.0431. The summed E-state index contributed by atoms with van der Waals surface area (Å²) in [6.45, 7) is 0.0884. The molecule has 3 aliphatic carbocycles. The van der Waals surface area contributed by atoms with Crippen molar-refractivity contribution in [3.63, 3.8) is 0 Å². The zero-order valence-electron chi connectivity index (χ0n) is 34.5. The van der Waals surface area contributed by atoms with Crippen molar-refractivity contribution in [2.45, 2.75) is 105 Å². The summed E-state index contributed by atoms with van der Waals surface area (Å²) >= 11 is 6.55. The number of alkyl halides is 7. The molecule has 22 heteroatoms. The number of pyridine rings is 1. The van der Waals surface area contributed by atoms with Crippen molar-refractivity contribution >= 4 is 48.0 Å². The smallest absolute Gasteiger partial charge is 0.298 e. The number of sulfone groups is 2. The highest BCUT2D eigenvalue weighted by atomic mass is 35.5. The minimum atomic E-state index is -4.92. The summed E-state index contributed by atoms with van der Waals surface area (Å²) in [4.78, 5) is 18.9. The molecular weight excluding hydrogens is 937 g/mol. The van der Waals surface area contributed by atoms with Gasteiger partial charge in [-0.25, -0.2) is 39.4 Å². The van der Waals surface area contributed by atoms with Gasteiger partial charge in [0.2, 0.25) is 0 Å². The van der Waals surface area contributed by atoms with Crippen LogP contribution in [0.2, 0.25) is 5.02 Å². The van der Waals surface area contributed by atoms with E-state index >= 15 is 8.78 Å². The van der Waals surface area contributed by atoms with Crippen LogP contribution in [-0.4, -0.2) is 69.6 Å². The van der Waals surface area contributed by atoms with Crippen LogP contribution in [0.5, 0.6) is 0 Å². The van der Waals surface area contributed by atoms with Crippen molar-refractivity contribution in [1.29, 1.82) is 0 Å². The monoisotopic (exact) mass is 973 g/mol. The summed E-state index contributed by atoms with van der Waals surface area (Å²) in [7, 11) is -7.69. The second-order valence-electron chi connectivity index (χ2n) is 17.3. The summed E-state index contributed by atoms with van der Waals surface area (Å²) in [6.07, 6.45) is -7.65. The van der Waals surface area contributed by atoms with Crippen LogP contribution in [0.25, 0.3) is 22.0 Å². The number of ketones is 1. The first kappa shape index (κ1) is 46.6. The molecule has 3 heterocycles. The maximum absolute atomic E-state index is 15.5. The van der Waals surface area contributed by atoms with Crippen LogP contribution in [0.3, 0.4) is 0 Å². The lowest BCUT2D eigenvalue weighted by atomic mass is 9.86. The molecule has 0 unspecified atom stereocenters. The van der Waals surface area contributed by atoms with Crippen LogP contribution in [0.4, 0.5) is 39.5 Å². The third-order valence-corrected chi connectivity index (χ3v) is 15.8. The first-order chi connectivity index (χ1) is 30.1. The zero-order valence-corrected chi connectivity index (χ0v) is 36.8. The largest absolute Gasteiger partial charge is 0.408 e. The second kappa shape index (κ2) is 16.1. The van der Waals surface area contributed by atoms with Gasteiger partial charge in [0, 0.05) is 52.7 Å². The van der Waals surface area contributed by atoms with Crippen LogP contribution in [0, 0.1) is 29.4 Å². The average molecular weight is 974 g/mol. The fourth-order valence-electron chi connectivity index (χ4n) is 8.73. The molecule has 3 atom stereocenters. The second-order valence-corrected chi connectivity index (χ2v) is 22.7. The Bertz CT molecular complexity index is 3060. The molecule has 0 aliphatic heterocycles. The fraction of sp³-hybridized carbons (Fsp3) is 0.442. The first-order valence-electron chi connectivity index (χ1n) is 20.1. The van der Waals surface area contributed by atoms with Crippen LogP contribution in [0.1, 0.15) is 97.4 Å². The summed E-state index contributed by atoms with van der Waals surface area (Å²) in [6, 6.07) is 7.64. The molecule has 5 aromatic rings. The molecule has 2 saturated carbocycles. The Morgan fingerprint density at radius 3 is 2.23 bits per heavy atom. The van der Waals surface area contributed by atoms with Crippen LogP contribution >= 0.6 is 11.6 Å². The number of halogens is 10. The Labute approximate surface area is 371 Å². The lowest BCUT2D eigenvalue weighted by molar-refractivity contribution is -0.141. The summed E-state index contributed by atoms with van der Waals surface area (Å²) in [5, 5.41) is 6.77. The number of rotatable bonds is 14. The lowest BCUT2D eigenvalue weighted by Crippen LogP contribution is -2.33. The van der Waals surface area contributed by atoms with Gasteiger partial charge in [0.1, 0.15) is 46.6 Å². The maximum Gasteiger partial charge on any atom is 0.408 e. The van der Waals surface area contributed by atoms with Gasteiger partial charge in [0.25, 0.3) is 12.3 Å². The molecule has 0 bridgehead atoms. The van der Waals surface area contributed by atoms with E-state index in [2.05, 4.69) is 27.0 Å². The minimum Gasteiger partial charge on any atom is -0.298 e. The molecular formula is C43H37ClF9N5O5S2. The molecule has 2 fully saturated rings. The molecule has 3 aliphatic rings. The number of carbonyl (C=O) groups excluding carboxylic acids is 1. The van der Waals surface area contributed by atoms with Crippen molar-refractivity contribution < 1.29 is 61.1 Å². The molecule has 0 amide bonds. The number of hydrogen-bond acceptors (Lipinski definition) is 8. The van der Waals surface area contributed by atoms with Gasteiger partial charge < -0.3 is 0 Å². The predicted octanol–water partition coefficient (Wildman–Crippen LogP) is 9.17. The maximum atomic E-state index is 15.5. The number of hydrogen-bond donors (Lipinski definition) is 0. The van der Waals surface area contributed by atoms with Crippen LogP contribution < -0.4 is 0 Å². The molecule has 0 N–H and O–H groups in total. The van der Waals surface area contributed by atoms with E-state index in [0.717, 1.165) is 18.4 Å². The molecule has 346 valence electrons. The third-order valence-electron chi connectivity index (χ3n) is 11.8. The van der Waals surface area contributed by atoms with E-state index in [-0.39, 0.29) is 61.7 Å². The molecule has 10 nitrogen and oxygen atoms in total. The highest BCUT2D eigenvalue weighted by Gasteiger charge is 2.67. The molecule has 0 spiro atoms. The van der Waals surface area contributed by atoms with Gasteiger partial charge in [0.05, 0.1) is 32.9 Å². The SMILES string of the molecule is CC(C)(C#Cc1ccc(-c2ccc(Cl)c3c(CS(C)(=O)=O)nn(CC(F)(F)F)c23)c([C@@H](CC(=O)Cn2nc(C(F)F)c3c2C(F)(F)[C@@H]2C[C@H]32)Cc2cc(F)cc(F)c2)n1)S(=O)(=O)C1CC1. The van der Waals surface area contributed by atoms with Gasteiger partial charge in [0.15, 0.2) is 25.5 Å². The number of nitrogens with zero attached hydrogens (tertiary/aromatic N) is 5. The van der Waals surface area contributed by atoms with Gasteiger partial charge in [-0.1, -0.05) is 23.6 Å². The molecule has 65 heavy (non-hydrogen) atoms. The van der Waals surface area contributed by atoms with Crippen molar-refractivity contribution in [3.05, 3.63) is 98.7 Å². The summed E-state index contributed by atoms with van der Waals surface area (Å²) in [5.74, 6) is -5.38. The Morgan fingerprint density at radius 1 is 0.954 bits per heavy atom.